The number of benzene rings is 1. The number of fused-ring (bicyclic) bond motifs is 1. The Bertz CT molecular complexity index is 474. The lowest BCUT2D eigenvalue weighted by atomic mass is 9.98. The SMILES string of the molecule is CN1C(=O)[C@@](C)(OC=O)c2ccc(Br)cc21. The topological polar surface area (TPSA) is 46.6 Å². The molecular weight excluding hydrogens is 274 g/mol. The van der Waals surface area contributed by atoms with Gasteiger partial charge >= 0.3 is 0 Å². The number of carbonyl (C=O) groups is 2. The summed E-state index contributed by atoms with van der Waals surface area (Å²) in [5, 5.41) is 0. The Kier molecular flexibility index (Phi) is 2.50. The van der Waals surface area contributed by atoms with Crippen LogP contribution in [0, 0.1) is 0 Å². The van der Waals surface area contributed by atoms with Crippen molar-refractivity contribution in [1.29, 1.82) is 0 Å². The third-order valence-electron chi connectivity index (χ3n) is 2.83. The van der Waals surface area contributed by atoms with Crippen molar-refractivity contribution >= 4 is 34.0 Å². The lowest BCUT2D eigenvalue weighted by molar-refractivity contribution is -0.154. The number of hydrogen-bond donors (Lipinski definition) is 0. The molecule has 1 atom stereocenters. The van der Waals surface area contributed by atoms with E-state index in [0.717, 1.165) is 10.2 Å². The van der Waals surface area contributed by atoms with E-state index < -0.39 is 5.60 Å². The molecule has 84 valence electrons. The van der Waals surface area contributed by atoms with Crippen molar-refractivity contribution in [2.75, 3.05) is 11.9 Å². The highest BCUT2D eigenvalue weighted by atomic mass is 79.9. The van der Waals surface area contributed by atoms with Gasteiger partial charge in [0.15, 0.2) is 0 Å². The Morgan fingerprint density at radius 3 is 2.81 bits per heavy atom. The summed E-state index contributed by atoms with van der Waals surface area (Å²) in [6.07, 6.45) is 0. The molecule has 5 heteroatoms. The molecule has 0 bridgehead atoms. The molecular formula is C11H10BrNO3. The monoisotopic (exact) mass is 283 g/mol. The molecule has 0 unspecified atom stereocenters. The Morgan fingerprint density at radius 1 is 1.50 bits per heavy atom. The minimum Gasteiger partial charge on any atom is -0.446 e. The van der Waals surface area contributed by atoms with Crippen molar-refractivity contribution in [3.63, 3.8) is 0 Å². The third-order valence-corrected chi connectivity index (χ3v) is 3.32. The van der Waals surface area contributed by atoms with E-state index in [1.54, 1.807) is 20.0 Å². The largest absolute Gasteiger partial charge is 0.446 e. The molecule has 0 N–H and O–H groups in total. The quantitative estimate of drug-likeness (QED) is 0.778. The number of nitrogens with zero attached hydrogens (tertiary/aromatic N) is 1. The Morgan fingerprint density at radius 2 is 2.19 bits per heavy atom. The molecule has 0 aromatic heterocycles. The minimum absolute atomic E-state index is 0.243. The lowest BCUT2D eigenvalue weighted by Gasteiger charge is -2.20. The van der Waals surface area contributed by atoms with Crippen LogP contribution in [0.15, 0.2) is 22.7 Å². The number of likely N-dealkylation sites (N-methyl/N-ethyl adjacent to an activating group) is 1. The van der Waals surface area contributed by atoms with Gasteiger partial charge in [0, 0.05) is 17.1 Å². The van der Waals surface area contributed by atoms with Crippen LogP contribution >= 0.6 is 15.9 Å². The Labute approximate surface area is 101 Å². The molecule has 1 aromatic carbocycles. The summed E-state index contributed by atoms with van der Waals surface area (Å²) in [5.74, 6) is -0.243. The number of halogens is 1. The van der Waals surface area contributed by atoms with E-state index in [-0.39, 0.29) is 5.91 Å². The fraction of sp³-hybridized carbons (Fsp3) is 0.273. The molecule has 1 aromatic rings. The highest BCUT2D eigenvalue weighted by Crippen LogP contribution is 2.42. The van der Waals surface area contributed by atoms with E-state index in [2.05, 4.69) is 15.9 Å². The van der Waals surface area contributed by atoms with Crippen LogP contribution in [-0.2, 0) is 19.9 Å². The Hall–Kier alpha value is -1.36. The van der Waals surface area contributed by atoms with Gasteiger partial charge in [-0.25, -0.2) is 0 Å². The molecule has 0 saturated heterocycles. The zero-order valence-corrected chi connectivity index (χ0v) is 10.4. The first-order valence-electron chi connectivity index (χ1n) is 4.70. The standard InChI is InChI=1S/C11H10BrNO3/c1-11(16-6-14)8-4-3-7(12)5-9(8)13(2)10(11)15/h3-6H,1-2H3/t11-/m0/s1. The van der Waals surface area contributed by atoms with Crippen LogP contribution in [0.5, 0.6) is 0 Å². The number of ether oxygens (including phenoxy) is 1. The number of amides is 1. The molecule has 4 nitrogen and oxygen atoms in total. The smallest absolute Gasteiger partial charge is 0.294 e. The molecule has 1 aliphatic rings. The molecule has 1 amide bonds. The van der Waals surface area contributed by atoms with Crippen LogP contribution in [0.25, 0.3) is 0 Å². The first-order valence-corrected chi connectivity index (χ1v) is 5.49. The predicted molar refractivity (Wildman–Crippen MR) is 62.1 cm³/mol. The van der Waals surface area contributed by atoms with Gasteiger partial charge in [-0.3, -0.25) is 9.59 Å². The second-order valence-corrected chi connectivity index (χ2v) is 4.69. The van der Waals surface area contributed by atoms with Crippen LogP contribution in [0.1, 0.15) is 12.5 Å². The van der Waals surface area contributed by atoms with E-state index in [9.17, 15) is 9.59 Å². The van der Waals surface area contributed by atoms with E-state index in [0.29, 0.717) is 12.0 Å². The summed E-state index contributed by atoms with van der Waals surface area (Å²) in [6.45, 7) is 1.91. The maximum absolute atomic E-state index is 12.0. The molecule has 0 spiro atoms. The maximum atomic E-state index is 12.0. The van der Waals surface area contributed by atoms with E-state index in [1.807, 2.05) is 12.1 Å². The summed E-state index contributed by atoms with van der Waals surface area (Å²) in [7, 11) is 1.66. The van der Waals surface area contributed by atoms with Crippen molar-refractivity contribution in [2.45, 2.75) is 12.5 Å². The van der Waals surface area contributed by atoms with Crippen molar-refractivity contribution in [3.05, 3.63) is 28.2 Å². The normalized spacial score (nSPS) is 23.2. The second kappa shape index (κ2) is 3.59. The van der Waals surface area contributed by atoms with Crippen molar-refractivity contribution in [2.24, 2.45) is 0 Å². The van der Waals surface area contributed by atoms with E-state index in [1.165, 1.54) is 4.90 Å². The molecule has 0 fully saturated rings. The number of rotatable bonds is 2. The lowest BCUT2D eigenvalue weighted by Crippen LogP contribution is -2.38. The zero-order chi connectivity index (χ0) is 11.9. The van der Waals surface area contributed by atoms with Gasteiger partial charge in [0.1, 0.15) is 0 Å². The number of anilines is 1. The third kappa shape index (κ3) is 1.35. The van der Waals surface area contributed by atoms with Crippen LogP contribution in [0.2, 0.25) is 0 Å². The predicted octanol–water partition coefficient (Wildman–Crippen LogP) is 1.81. The number of carbonyl (C=O) groups excluding carboxylic acids is 2. The van der Waals surface area contributed by atoms with E-state index in [4.69, 9.17) is 4.74 Å². The summed E-state index contributed by atoms with van der Waals surface area (Å²) < 4.78 is 5.83. The van der Waals surface area contributed by atoms with Gasteiger partial charge < -0.3 is 9.64 Å². The summed E-state index contributed by atoms with van der Waals surface area (Å²) in [6, 6.07) is 5.43. The summed E-state index contributed by atoms with van der Waals surface area (Å²) in [4.78, 5) is 24.0. The van der Waals surface area contributed by atoms with Crippen molar-refractivity contribution in [1.82, 2.24) is 0 Å². The van der Waals surface area contributed by atoms with Crippen LogP contribution < -0.4 is 4.90 Å². The van der Waals surface area contributed by atoms with Gasteiger partial charge in [0.2, 0.25) is 5.60 Å². The van der Waals surface area contributed by atoms with Gasteiger partial charge in [-0.15, -0.1) is 0 Å². The Balaban J connectivity index is 2.62. The fourth-order valence-corrected chi connectivity index (χ4v) is 2.29. The average Bonchev–Trinajstić information content (AvgIpc) is 2.42. The van der Waals surface area contributed by atoms with Gasteiger partial charge in [0.05, 0.1) is 5.69 Å². The van der Waals surface area contributed by atoms with Gasteiger partial charge in [-0.05, 0) is 19.1 Å². The van der Waals surface area contributed by atoms with Gasteiger partial charge in [-0.1, -0.05) is 22.0 Å². The van der Waals surface area contributed by atoms with Gasteiger partial charge in [0.25, 0.3) is 12.4 Å². The molecule has 2 rings (SSSR count). The highest BCUT2D eigenvalue weighted by Gasteiger charge is 2.48. The van der Waals surface area contributed by atoms with E-state index >= 15 is 0 Å². The molecule has 0 radical (unpaired) electrons. The molecule has 0 aliphatic carbocycles. The molecule has 16 heavy (non-hydrogen) atoms. The first kappa shape index (κ1) is 11.1. The average molecular weight is 284 g/mol. The maximum Gasteiger partial charge on any atom is 0.294 e. The van der Waals surface area contributed by atoms with Crippen LogP contribution in [-0.4, -0.2) is 19.4 Å². The molecule has 1 aliphatic heterocycles. The van der Waals surface area contributed by atoms with Gasteiger partial charge in [-0.2, -0.15) is 0 Å². The highest BCUT2D eigenvalue weighted by molar-refractivity contribution is 9.10. The molecule has 1 heterocycles. The summed E-state index contributed by atoms with van der Waals surface area (Å²) >= 11 is 3.34. The second-order valence-electron chi connectivity index (χ2n) is 3.77. The van der Waals surface area contributed by atoms with Crippen molar-refractivity contribution in [3.8, 4) is 0 Å². The van der Waals surface area contributed by atoms with Crippen LogP contribution in [0.3, 0.4) is 0 Å². The number of hydrogen-bond acceptors (Lipinski definition) is 3. The minimum atomic E-state index is -1.20. The first-order chi connectivity index (χ1) is 7.50. The van der Waals surface area contributed by atoms with Crippen molar-refractivity contribution < 1.29 is 14.3 Å². The molecule has 0 saturated carbocycles. The fourth-order valence-electron chi connectivity index (χ4n) is 1.94. The van der Waals surface area contributed by atoms with Crippen LogP contribution in [0.4, 0.5) is 5.69 Å². The summed E-state index contributed by atoms with van der Waals surface area (Å²) in [5.41, 5.74) is 0.256. The zero-order valence-electron chi connectivity index (χ0n) is 8.86.